The molecule has 0 amide bonds. The topological polar surface area (TPSA) is 83.8 Å². The highest BCUT2D eigenvalue weighted by molar-refractivity contribution is 14.1. The Morgan fingerprint density at radius 3 is 2.70 bits per heavy atom. The molecule has 100 valence electrons. The number of nitrogens with one attached hydrogen (secondary N) is 1. The van der Waals surface area contributed by atoms with Crippen LogP contribution in [0.25, 0.3) is 17.1 Å². The van der Waals surface area contributed by atoms with Crippen molar-refractivity contribution in [3.63, 3.8) is 0 Å². The summed E-state index contributed by atoms with van der Waals surface area (Å²) in [5.41, 5.74) is 1.15. The standard InChI is InChI=1S/C13H9IN4O2/c14-10-12(19)16-11(17-13(10)20)8-6-15-18(7-8)9-4-2-1-3-5-9/h1-7H,(H2,16,17,19,20). The maximum atomic E-state index is 11.6. The van der Waals surface area contributed by atoms with Crippen molar-refractivity contribution in [3.8, 4) is 23.0 Å². The van der Waals surface area contributed by atoms with Gasteiger partial charge < -0.3 is 10.1 Å². The molecule has 0 atom stereocenters. The number of rotatable bonds is 2. The second-order valence-electron chi connectivity index (χ2n) is 4.06. The van der Waals surface area contributed by atoms with E-state index >= 15 is 0 Å². The van der Waals surface area contributed by atoms with E-state index in [9.17, 15) is 9.90 Å². The highest BCUT2D eigenvalue weighted by atomic mass is 127. The minimum atomic E-state index is -0.374. The number of aromatic hydroxyl groups is 1. The van der Waals surface area contributed by atoms with E-state index in [1.54, 1.807) is 39.7 Å². The largest absolute Gasteiger partial charge is 0.492 e. The van der Waals surface area contributed by atoms with Gasteiger partial charge in [0.05, 0.1) is 17.4 Å². The molecule has 0 aliphatic heterocycles. The van der Waals surface area contributed by atoms with Crippen molar-refractivity contribution in [3.05, 3.63) is 56.6 Å². The van der Waals surface area contributed by atoms with Crippen LogP contribution in [0.3, 0.4) is 0 Å². The number of hydrogen-bond acceptors (Lipinski definition) is 4. The maximum absolute atomic E-state index is 11.6. The molecule has 0 aliphatic rings. The van der Waals surface area contributed by atoms with E-state index in [-0.39, 0.29) is 20.8 Å². The quantitative estimate of drug-likeness (QED) is 0.666. The molecule has 2 N–H and O–H groups in total. The van der Waals surface area contributed by atoms with Crippen LogP contribution < -0.4 is 5.56 Å². The Bertz CT molecular complexity index is 811. The molecule has 0 saturated carbocycles. The first kappa shape index (κ1) is 12.9. The summed E-state index contributed by atoms with van der Waals surface area (Å²) in [6.07, 6.45) is 3.32. The van der Waals surface area contributed by atoms with Crippen molar-refractivity contribution < 1.29 is 5.11 Å². The molecular weight excluding hydrogens is 371 g/mol. The van der Waals surface area contributed by atoms with E-state index in [0.29, 0.717) is 5.56 Å². The van der Waals surface area contributed by atoms with E-state index in [1.807, 2.05) is 30.3 Å². The Kier molecular flexibility index (Phi) is 3.26. The van der Waals surface area contributed by atoms with Crippen LogP contribution in [-0.2, 0) is 0 Å². The van der Waals surface area contributed by atoms with Crippen molar-refractivity contribution in [2.24, 2.45) is 0 Å². The van der Waals surface area contributed by atoms with E-state index in [4.69, 9.17) is 0 Å². The van der Waals surface area contributed by atoms with Crippen molar-refractivity contribution in [2.45, 2.75) is 0 Å². The number of hydrogen-bond donors (Lipinski definition) is 2. The van der Waals surface area contributed by atoms with Gasteiger partial charge in [0.2, 0.25) is 5.88 Å². The molecule has 0 saturated heterocycles. The van der Waals surface area contributed by atoms with E-state index in [0.717, 1.165) is 5.69 Å². The average Bonchev–Trinajstić information content (AvgIpc) is 2.95. The summed E-state index contributed by atoms with van der Waals surface area (Å²) in [4.78, 5) is 18.2. The smallest absolute Gasteiger partial charge is 0.268 e. The Labute approximate surface area is 127 Å². The zero-order valence-corrected chi connectivity index (χ0v) is 12.3. The van der Waals surface area contributed by atoms with Gasteiger partial charge in [0.25, 0.3) is 5.56 Å². The molecule has 2 heterocycles. The van der Waals surface area contributed by atoms with Crippen LogP contribution in [0.4, 0.5) is 0 Å². The van der Waals surface area contributed by atoms with Crippen molar-refractivity contribution >= 4 is 22.6 Å². The van der Waals surface area contributed by atoms with Crippen LogP contribution in [0.1, 0.15) is 0 Å². The second-order valence-corrected chi connectivity index (χ2v) is 5.14. The predicted octanol–water partition coefficient (Wildman–Crippen LogP) is 1.93. The van der Waals surface area contributed by atoms with Gasteiger partial charge in [-0.1, -0.05) is 18.2 Å². The molecule has 0 aliphatic carbocycles. The fourth-order valence-electron chi connectivity index (χ4n) is 1.75. The molecule has 0 bridgehead atoms. The highest BCUT2D eigenvalue weighted by Gasteiger charge is 2.11. The van der Waals surface area contributed by atoms with Crippen molar-refractivity contribution in [2.75, 3.05) is 0 Å². The van der Waals surface area contributed by atoms with Gasteiger partial charge in [-0.15, -0.1) is 0 Å². The van der Waals surface area contributed by atoms with Crippen LogP contribution in [-0.4, -0.2) is 24.9 Å². The van der Waals surface area contributed by atoms with Gasteiger partial charge in [0.1, 0.15) is 9.39 Å². The lowest BCUT2D eigenvalue weighted by atomic mass is 10.3. The molecule has 1 aromatic carbocycles. The van der Waals surface area contributed by atoms with E-state index in [1.165, 1.54) is 0 Å². The zero-order chi connectivity index (χ0) is 14.1. The summed E-state index contributed by atoms with van der Waals surface area (Å²) >= 11 is 1.74. The number of para-hydroxylation sites is 1. The molecule has 0 spiro atoms. The first-order chi connectivity index (χ1) is 9.65. The van der Waals surface area contributed by atoms with Gasteiger partial charge in [0.15, 0.2) is 0 Å². The summed E-state index contributed by atoms with van der Waals surface area (Å²) in [6.45, 7) is 0. The van der Waals surface area contributed by atoms with Crippen LogP contribution in [0.5, 0.6) is 5.88 Å². The zero-order valence-electron chi connectivity index (χ0n) is 10.1. The third-order valence-corrected chi connectivity index (χ3v) is 3.69. The fraction of sp³-hybridized carbons (Fsp3) is 0. The Morgan fingerprint density at radius 2 is 2.00 bits per heavy atom. The van der Waals surface area contributed by atoms with E-state index < -0.39 is 0 Å². The van der Waals surface area contributed by atoms with Gasteiger partial charge in [-0.25, -0.2) is 4.68 Å². The summed E-state index contributed by atoms with van der Waals surface area (Å²) in [5, 5.41) is 13.8. The summed E-state index contributed by atoms with van der Waals surface area (Å²) in [5.74, 6) is 0.00640. The molecule has 3 rings (SSSR count). The third kappa shape index (κ3) is 2.31. The molecule has 2 aromatic heterocycles. The molecule has 0 unspecified atom stereocenters. The minimum Gasteiger partial charge on any atom is -0.492 e. The summed E-state index contributed by atoms with van der Waals surface area (Å²) < 4.78 is 1.84. The Balaban J connectivity index is 2.05. The van der Waals surface area contributed by atoms with Gasteiger partial charge >= 0.3 is 0 Å². The molecule has 0 radical (unpaired) electrons. The van der Waals surface area contributed by atoms with Crippen LogP contribution in [0, 0.1) is 3.57 Å². The summed E-state index contributed by atoms with van der Waals surface area (Å²) in [7, 11) is 0. The number of benzene rings is 1. The predicted molar refractivity (Wildman–Crippen MR) is 81.8 cm³/mol. The van der Waals surface area contributed by atoms with Crippen LogP contribution >= 0.6 is 22.6 Å². The van der Waals surface area contributed by atoms with Crippen molar-refractivity contribution in [1.82, 2.24) is 19.7 Å². The first-order valence-corrected chi connectivity index (χ1v) is 6.82. The lowest BCUT2D eigenvalue weighted by Gasteiger charge is -2.00. The average molecular weight is 380 g/mol. The number of aromatic nitrogens is 4. The van der Waals surface area contributed by atoms with Gasteiger partial charge in [-0.05, 0) is 34.7 Å². The van der Waals surface area contributed by atoms with Crippen molar-refractivity contribution in [1.29, 1.82) is 0 Å². The van der Waals surface area contributed by atoms with Crippen LogP contribution in [0.15, 0.2) is 47.5 Å². The van der Waals surface area contributed by atoms with Gasteiger partial charge in [0, 0.05) is 6.20 Å². The first-order valence-electron chi connectivity index (χ1n) is 5.74. The molecule has 3 aromatic rings. The lowest BCUT2D eigenvalue weighted by molar-refractivity contribution is 0.447. The number of nitrogens with zero attached hydrogens (tertiary/aromatic N) is 3. The normalized spacial score (nSPS) is 10.7. The highest BCUT2D eigenvalue weighted by Crippen LogP contribution is 2.19. The molecule has 0 fully saturated rings. The SMILES string of the molecule is O=c1[nH]c(-c2cnn(-c3ccccc3)c2)nc(O)c1I. The number of halogens is 1. The van der Waals surface area contributed by atoms with Gasteiger partial charge in [-0.3, -0.25) is 4.79 Å². The molecule has 7 heteroatoms. The Hall–Kier alpha value is -2.16. The summed E-state index contributed by atoms with van der Waals surface area (Å²) in [6, 6.07) is 9.57. The minimum absolute atomic E-state index is 0.168. The number of aromatic amines is 1. The molecular formula is C13H9IN4O2. The number of H-pyrrole nitrogens is 1. The second kappa shape index (κ2) is 5.08. The van der Waals surface area contributed by atoms with E-state index in [2.05, 4.69) is 15.1 Å². The fourth-order valence-corrected chi connectivity index (χ4v) is 2.01. The lowest BCUT2D eigenvalue weighted by Crippen LogP contribution is -2.12. The monoisotopic (exact) mass is 380 g/mol. The third-order valence-electron chi connectivity index (χ3n) is 2.72. The molecule has 6 nitrogen and oxygen atoms in total. The molecule has 20 heavy (non-hydrogen) atoms. The van der Waals surface area contributed by atoms with Crippen LogP contribution in [0.2, 0.25) is 0 Å². The maximum Gasteiger partial charge on any atom is 0.268 e. The van der Waals surface area contributed by atoms with Gasteiger partial charge in [-0.2, -0.15) is 10.1 Å². The Morgan fingerprint density at radius 1 is 1.25 bits per heavy atom.